The van der Waals surface area contributed by atoms with Gasteiger partial charge in [-0.2, -0.15) is 0 Å². The van der Waals surface area contributed by atoms with Crippen LogP contribution >= 0.6 is 0 Å². The number of nitrogens with one attached hydrogen (secondary N) is 1. The summed E-state index contributed by atoms with van der Waals surface area (Å²) in [5.41, 5.74) is -0.801. The zero-order valence-corrected chi connectivity index (χ0v) is 14.5. The van der Waals surface area contributed by atoms with Gasteiger partial charge in [-0.15, -0.1) is 0 Å². The van der Waals surface area contributed by atoms with Gasteiger partial charge >= 0.3 is 11.6 Å². The molecule has 0 fully saturated rings. The molecule has 0 unspecified atom stereocenters. The Balaban J connectivity index is 2.14. The molecule has 0 aliphatic carbocycles. The van der Waals surface area contributed by atoms with E-state index in [-0.39, 0.29) is 39.2 Å². The van der Waals surface area contributed by atoms with E-state index >= 15 is 0 Å². The van der Waals surface area contributed by atoms with Crippen LogP contribution < -0.4 is 5.63 Å². The van der Waals surface area contributed by atoms with Gasteiger partial charge in [0.2, 0.25) is 0 Å². The highest BCUT2D eigenvalue weighted by Crippen LogP contribution is 2.30. The highest BCUT2D eigenvalue weighted by molar-refractivity contribution is 6.15. The van der Waals surface area contributed by atoms with Gasteiger partial charge in [0.25, 0.3) is 0 Å². The van der Waals surface area contributed by atoms with E-state index < -0.39 is 17.3 Å². The predicted octanol–water partition coefficient (Wildman–Crippen LogP) is 2.90. The first kappa shape index (κ1) is 18.1. The minimum Gasteiger partial charge on any atom is -0.506 e. The van der Waals surface area contributed by atoms with Crippen LogP contribution in [0.3, 0.4) is 0 Å². The monoisotopic (exact) mass is 365 g/mol. The molecule has 27 heavy (non-hydrogen) atoms. The van der Waals surface area contributed by atoms with Gasteiger partial charge in [0.1, 0.15) is 11.3 Å². The number of rotatable bonds is 4. The van der Waals surface area contributed by atoms with Gasteiger partial charge in [-0.3, -0.25) is 10.2 Å². The lowest BCUT2D eigenvalue weighted by Crippen LogP contribution is -2.16. The van der Waals surface area contributed by atoms with Crippen molar-refractivity contribution in [2.45, 2.75) is 6.92 Å². The summed E-state index contributed by atoms with van der Waals surface area (Å²) in [5.74, 6) is -1.28. The predicted molar refractivity (Wildman–Crippen MR) is 97.9 cm³/mol. The summed E-state index contributed by atoms with van der Waals surface area (Å²) < 4.78 is 9.85. The summed E-state index contributed by atoms with van der Waals surface area (Å²) in [6.07, 6.45) is 0. The second kappa shape index (κ2) is 6.87. The van der Waals surface area contributed by atoms with E-state index in [4.69, 9.17) is 9.83 Å². The zero-order chi connectivity index (χ0) is 19.7. The average Bonchev–Trinajstić information content (AvgIpc) is 2.66. The molecule has 3 aromatic rings. The number of aromatic hydroxyl groups is 1. The third kappa shape index (κ3) is 3.10. The molecule has 136 valence electrons. The lowest BCUT2D eigenvalue weighted by molar-refractivity contribution is 0.0600. The van der Waals surface area contributed by atoms with Crippen molar-refractivity contribution in [1.82, 2.24) is 0 Å². The number of fused-ring (bicyclic) bond motifs is 1. The minimum absolute atomic E-state index is 0.0231. The molecule has 0 spiro atoms. The van der Waals surface area contributed by atoms with Gasteiger partial charge in [-0.1, -0.05) is 18.2 Å². The second-order valence-electron chi connectivity index (χ2n) is 5.80. The summed E-state index contributed by atoms with van der Waals surface area (Å²) in [5, 5.41) is 19.0. The molecule has 0 saturated carbocycles. The third-order valence-corrected chi connectivity index (χ3v) is 4.13. The summed E-state index contributed by atoms with van der Waals surface area (Å²) >= 11 is 0. The number of carbonyl (C=O) groups excluding carboxylic acids is 2. The number of hydrogen-bond donors (Lipinski definition) is 2. The maximum Gasteiger partial charge on any atom is 0.349 e. The van der Waals surface area contributed by atoms with Gasteiger partial charge < -0.3 is 14.3 Å². The molecular weight excluding hydrogens is 350 g/mol. The lowest BCUT2D eigenvalue weighted by atomic mass is 9.99. The van der Waals surface area contributed by atoms with Gasteiger partial charge in [0.05, 0.1) is 29.3 Å². The molecule has 0 atom stereocenters. The highest BCUT2D eigenvalue weighted by Gasteiger charge is 2.21. The molecule has 1 aromatic heterocycles. The first-order valence-corrected chi connectivity index (χ1v) is 7.92. The summed E-state index contributed by atoms with van der Waals surface area (Å²) in [6, 6.07) is 10.4. The number of ketones is 1. The van der Waals surface area contributed by atoms with Crippen molar-refractivity contribution < 1.29 is 23.8 Å². The van der Waals surface area contributed by atoms with Gasteiger partial charge in [0, 0.05) is 5.56 Å². The van der Waals surface area contributed by atoms with Crippen LogP contribution in [0.15, 0.2) is 51.7 Å². The van der Waals surface area contributed by atoms with Crippen molar-refractivity contribution in [2.75, 3.05) is 7.11 Å². The Hall–Kier alpha value is -3.74. The van der Waals surface area contributed by atoms with E-state index in [1.807, 2.05) is 0 Å². The van der Waals surface area contributed by atoms with Crippen LogP contribution in [0.2, 0.25) is 0 Å². The van der Waals surface area contributed by atoms with Crippen molar-refractivity contribution in [2.24, 2.45) is 0 Å². The molecule has 0 bridgehead atoms. The Morgan fingerprint density at radius 3 is 2.30 bits per heavy atom. The van der Waals surface area contributed by atoms with Crippen LogP contribution in [0.25, 0.3) is 11.0 Å². The van der Waals surface area contributed by atoms with Crippen LogP contribution in [0.4, 0.5) is 0 Å². The van der Waals surface area contributed by atoms with E-state index in [2.05, 4.69) is 4.74 Å². The summed E-state index contributed by atoms with van der Waals surface area (Å²) in [4.78, 5) is 35.6. The van der Waals surface area contributed by atoms with E-state index in [0.29, 0.717) is 5.56 Å². The fourth-order valence-electron chi connectivity index (χ4n) is 2.74. The number of methoxy groups -OCH3 is 1. The Kier molecular flexibility index (Phi) is 4.60. The van der Waals surface area contributed by atoms with Crippen molar-refractivity contribution in [3.8, 4) is 5.75 Å². The van der Waals surface area contributed by atoms with E-state index in [1.165, 1.54) is 50.4 Å². The minimum atomic E-state index is -0.934. The molecule has 2 N–H and O–H groups in total. The average molecular weight is 365 g/mol. The Morgan fingerprint density at radius 1 is 1.07 bits per heavy atom. The van der Waals surface area contributed by atoms with Crippen LogP contribution in [-0.4, -0.2) is 29.7 Å². The molecule has 7 heteroatoms. The number of esters is 1. The third-order valence-electron chi connectivity index (χ3n) is 4.13. The largest absolute Gasteiger partial charge is 0.506 e. The molecule has 1 heterocycles. The quantitative estimate of drug-likeness (QED) is 0.318. The topological polar surface area (TPSA) is 118 Å². The van der Waals surface area contributed by atoms with Crippen LogP contribution in [0, 0.1) is 5.41 Å². The first-order chi connectivity index (χ1) is 12.8. The summed E-state index contributed by atoms with van der Waals surface area (Å²) in [6.45, 7) is 1.32. The number of carbonyl (C=O) groups is 2. The van der Waals surface area contributed by atoms with E-state index in [1.54, 1.807) is 6.07 Å². The molecule has 0 amide bonds. The number of para-hydroxylation sites is 1. The normalized spacial score (nSPS) is 10.6. The van der Waals surface area contributed by atoms with Crippen molar-refractivity contribution in [1.29, 1.82) is 5.41 Å². The number of benzene rings is 2. The molecule has 0 aliphatic rings. The van der Waals surface area contributed by atoms with Gasteiger partial charge in [0.15, 0.2) is 11.4 Å². The number of Topliss-reactive ketones (excluding diaryl/α,β-unsaturated/α-hetero) is 1. The Bertz CT molecular complexity index is 1140. The highest BCUT2D eigenvalue weighted by atomic mass is 16.5. The Labute approximate surface area is 153 Å². The maximum atomic E-state index is 12.4. The lowest BCUT2D eigenvalue weighted by Gasteiger charge is -2.10. The van der Waals surface area contributed by atoms with Gasteiger partial charge in [-0.25, -0.2) is 9.59 Å². The molecule has 2 aromatic carbocycles. The standard InChI is InChI=1S/C20H15NO6/c1-10(22)13-4-3-5-14-17(23)15(20(25)27-18(13)14)16(21)11-6-8-12(9-7-11)19(24)26-2/h3-9,21,23H,1-2H3. The van der Waals surface area contributed by atoms with Crippen LogP contribution in [0.5, 0.6) is 5.75 Å². The molecule has 0 aliphatic heterocycles. The second-order valence-corrected chi connectivity index (χ2v) is 5.80. The van der Waals surface area contributed by atoms with Gasteiger partial charge in [-0.05, 0) is 31.2 Å². The number of hydrogen-bond acceptors (Lipinski definition) is 7. The molecule has 7 nitrogen and oxygen atoms in total. The molecular formula is C20H15NO6. The van der Waals surface area contributed by atoms with Crippen LogP contribution in [-0.2, 0) is 4.74 Å². The first-order valence-electron chi connectivity index (χ1n) is 7.92. The Morgan fingerprint density at radius 2 is 1.70 bits per heavy atom. The van der Waals surface area contributed by atoms with E-state index in [9.17, 15) is 19.5 Å². The summed E-state index contributed by atoms with van der Waals surface area (Å²) in [7, 11) is 1.26. The van der Waals surface area contributed by atoms with Crippen molar-refractivity contribution in [3.63, 3.8) is 0 Å². The SMILES string of the molecule is COC(=O)c1ccc(C(=N)c2c(O)c3cccc(C(C)=O)c3oc2=O)cc1. The molecule has 0 radical (unpaired) electrons. The molecule has 3 rings (SSSR count). The van der Waals surface area contributed by atoms with E-state index in [0.717, 1.165) is 0 Å². The van der Waals surface area contributed by atoms with Crippen molar-refractivity contribution >= 4 is 28.4 Å². The van der Waals surface area contributed by atoms with Crippen molar-refractivity contribution in [3.05, 3.63) is 75.1 Å². The fourth-order valence-corrected chi connectivity index (χ4v) is 2.74. The molecule has 0 saturated heterocycles. The van der Waals surface area contributed by atoms with Crippen LogP contribution in [0.1, 0.15) is 38.8 Å². The fraction of sp³-hybridized carbons (Fsp3) is 0.100. The number of ether oxygens (including phenoxy) is 1. The maximum absolute atomic E-state index is 12.4. The zero-order valence-electron chi connectivity index (χ0n) is 14.5. The smallest absolute Gasteiger partial charge is 0.349 e.